The van der Waals surface area contributed by atoms with Crippen LogP contribution in [0.3, 0.4) is 0 Å². The van der Waals surface area contributed by atoms with Gasteiger partial charge in [-0.1, -0.05) is 60.7 Å². The minimum absolute atomic E-state index is 0.212. The van der Waals surface area contributed by atoms with Gasteiger partial charge in [0.05, 0.1) is 0 Å². The molecule has 2 aromatic carbocycles. The molecule has 0 amide bonds. The summed E-state index contributed by atoms with van der Waals surface area (Å²) in [6.07, 6.45) is 4.65. The highest BCUT2D eigenvalue weighted by molar-refractivity contribution is 6.05. The van der Waals surface area contributed by atoms with E-state index in [9.17, 15) is 4.79 Å². The van der Waals surface area contributed by atoms with E-state index in [1.165, 1.54) is 0 Å². The van der Waals surface area contributed by atoms with Gasteiger partial charge in [-0.25, -0.2) is 0 Å². The number of Topliss-reactive ketones (excluding diaryl/α,β-unsaturated/α-hetero) is 1. The van der Waals surface area contributed by atoms with E-state index in [0.29, 0.717) is 6.42 Å². The van der Waals surface area contributed by atoms with Crippen molar-refractivity contribution in [3.63, 3.8) is 0 Å². The first-order chi connectivity index (χ1) is 10.7. The molecule has 0 bridgehead atoms. The molecule has 1 heterocycles. The fourth-order valence-electron chi connectivity index (χ4n) is 2.64. The first kappa shape index (κ1) is 14.3. The molecule has 0 unspecified atom stereocenters. The average molecular weight is 289 g/mol. The van der Waals surface area contributed by atoms with Gasteiger partial charge in [0.25, 0.3) is 0 Å². The number of ketones is 1. The number of piperidine rings is 1. The number of allylic oxidation sites excluding steroid dienone is 1. The Labute approximate surface area is 131 Å². The fraction of sp³-hybridized carbons (Fsp3) is 0.150. The van der Waals surface area contributed by atoms with E-state index in [0.717, 1.165) is 28.9 Å². The number of carbonyl (C=O) groups excluding carboxylic acids is 1. The molecule has 0 radical (unpaired) electrons. The Morgan fingerprint density at radius 3 is 2.00 bits per heavy atom. The summed E-state index contributed by atoms with van der Waals surface area (Å²) in [5.41, 5.74) is 3.95. The third-order valence-electron chi connectivity index (χ3n) is 3.88. The number of hydrogen-bond acceptors (Lipinski definition) is 2. The molecule has 0 spiro atoms. The Morgan fingerprint density at radius 1 is 0.864 bits per heavy atom. The van der Waals surface area contributed by atoms with Gasteiger partial charge in [-0.05, 0) is 23.3 Å². The van der Waals surface area contributed by atoms with Crippen LogP contribution >= 0.6 is 0 Å². The van der Waals surface area contributed by atoms with Crippen LogP contribution in [0.2, 0.25) is 0 Å². The van der Waals surface area contributed by atoms with Crippen LogP contribution in [0.4, 0.5) is 0 Å². The molecule has 2 heteroatoms. The average Bonchev–Trinajstić information content (AvgIpc) is 2.56. The lowest BCUT2D eigenvalue weighted by Crippen LogP contribution is -2.30. The maximum absolute atomic E-state index is 12.4. The Bertz CT molecular complexity index is 714. The van der Waals surface area contributed by atoms with Crippen LogP contribution in [0.5, 0.6) is 0 Å². The van der Waals surface area contributed by atoms with Gasteiger partial charge in [-0.15, -0.1) is 0 Å². The number of likely N-dealkylation sites (tertiary alicyclic amines) is 1. The molecule has 2 nitrogen and oxygen atoms in total. The number of nitrogens with zero attached hydrogens (tertiary/aromatic N) is 1. The van der Waals surface area contributed by atoms with E-state index in [1.54, 1.807) is 0 Å². The third-order valence-corrected chi connectivity index (χ3v) is 3.88. The number of benzene rings is 2. The minimum atomic E-state index is 0.212. The van der Waals surface area contributed by atoms with Crippen molar-refractivity contribution in [2.45, 2.75) is 6.42 Å². The Morgan fingerprint density at radius 2 is 1.41 bits per heavy atom. The maximum Gasteiger partial charge on any atom is 0.166 e. The van der Waals surface area contributed by atoms with E-state index in [-0.39, 0.29) is 5.78 Å². The van der Waals surface area contributed by atoms with Crippen LogP contribution in [0.25, 0.3) is 12.2 Å². The molecule has 0 saturated carbocycles. The Balaban J connectivity index is 2.05. The van der Waals surface area contributed by atoms with Gasteiger partial charge in [0.1, 0.15) is 0 Å². The van der Waals surface area contributed by atoms with Crippen LogP contribution < -0.4 is 0 Å². The van der Waals surface area contributed by atoms with Crippen molar-refractivity contribution in [3.8, 4) is 0 Å². The number of carbonyl (C=O) groups is 1. The SMILES string of the molecule is CN1CCC(=O)C(=Cc2ccccc2)C1=Cc1ccccc1. The molecule has 3 rings (SSSR count). The van der Waals surface area contributed by atoms with Crippen molar-refractivity contribution < 1.29 is 4.79 Å². The van der Waals surface area contributed by atoms with Crippen LogP contribution in [-0.4, -0.2) is 24.3 Å². The Hall–Kier alpha value is -2.61. The van der Waals surface area contributed by atoms with Gasteiger partial charge in [0.2, 0.25) is 0 Å². The summed E-state index contributed by atoms with van der Waals surface area (Å²) in [4.78, 5) is 14.6. The first-order valence-corrected chi connectivity index (χ1v) is 7.52. The molecule has 1 fully saturated rings. The molecule has 110 valence electrons. The molecule has 1 saturated heterocycles. The van der Waals surface area contributed by atoms with Gasteiger partial charge in [0, 0.05) is 31.3 Å². The topological polar surface area (TPSA) is 20.3 Å². The normalized spacial score (nSPS) is 19.0. The van der Waals surface area contributed by atoms with Crippen LogP contribution in [0.15, 0.2) is 71.9 Å². The lowest BCUT2D eigenvalue weighted by molar-refractivity contribution is -0.116. The first-order valence-electron chi connectivity index (χ1n) is 7.52. The zero-order chi connectivity index (χ0) is 15.4. The minimum Gasteiger partial charge on any atom is -0.374 e. The highest BCUT2D eigenvalue weighted by atomic mass is 16.1. The molecule has 0 aromatic heterocycles. The zero-order valence-corrected chi connectivity index (χ0v) is 12.7. The quantitative estimate of drug-likeness (QED) is 0.778. The molecular weight excluding hydrogens is 270 g/mol. The Kier molecular flexibility index (Phi) is 4.19. The van der Waals surface area contributed by atoms with Crippen LogP contribution in [0, 0.1) is 0 Å². The molecular formula is C20H19NO. The predicted octanol–water partition coefficient (Wildman–Crippen LogP) is 4.02. The van der Waals surface area contributed by atoms with Crippen molar-refractivity contribution in [3.05, 3.63) is 83.1 Å². The third kappa shape index (κ3) is 3.17. The summed E-state index contributed by atoms with van der Waals surface area (Å²) in [6, 6.07) is 20.1. The summed E-state index contributed by atoms with van der Waals surface area (Å²) in [5.74, 6) is 0.212. The summed E-state index contributed by atoms with van der Waals surface area (Å²) in [6.45, 7) is 0.767. The maximum atomic E-state index is 12.4. The second kappa shape index (κ2) is 6.44. The predicted molar refractivity (Wildman–Crippen MR) is 91.1 cm³/mol. The molecule has 2 aromatic rings. The van der Waals surface area contributed by atoms with Gasteiger partial charge in [-0.3, -0.25) is 4.79 Å². The summed E-state index contributed by atoms with van der Waals surface area (Å²) >= 11 is 0. The van der Waals surface area contributed by atoms with Gasteiger partial charge in [-0.2, -0.15) is 0 Å². The van der Waals surface area contributed by atoms with Gasteiger partial charge in [0.15, 0.2) is 5.78 Å². The second-order valence-electron chi connectivity index (χ2n) is 5.50. The summed E-state index contributed by atoms with van der Waals surface area (Å²) in [7, 11) is 2.04. The molecule has 0 aliphatic carbocycles. The number of rotatable bonds is 2. The summed E-state index contributed by atoms with van der Waals surface area (Å²) < 4.78 is 0. The van der Waals surface area contributed by atoms with E-state index in [1.807, 2.05) is 61.7 Å². The van der Waals surface area contributed by atoms with E-state index in [4.69, 9.17) is 0 Å². The largest absolute Gasteiger partial charge is 0.374 e. The van der Waals surface area contributed by atoms with Gasteiger partial charge < -0.3 is 4.90 Å². The van der Waals surface area contributed by atoms with Crippen molar-refractivity contribution >= 4 is 17.9 Å². The van der Waals surface area contributed by atoms with Crippen LogP contribution in [0.1, 0.15) is 17.5 Å². The monoisotopic (exact) mass is 289 g/mol. The van der Waals surface area contributed by atoms with Crippen molar-refractivity contribution in [1.82, 2.24) is 4.90 Å². The molecule has 22 heavy (non-hydrogen) atoms. The standard InChI is InChI=1S/C20H19NO/c1-21-13-12-20(22)18(14-16-8-4-2-5-9-16)19(21)15-17-10-6-3-7-11-17/h2-11,14-15H,12-13H2,1H3. The fourth-order valence-corrected chi connectivity index (χ4v) is 2.64. The van der Waals surface area contributed by atoms with Gasteiger partial charge >= 0.3 is 0 Å². The zero-order valence-electron chi connectivity index (χ0n) is 12.7. The molecule has 1 aliphatic rings. The highest BCUT2D eigenvalue weighted by Crippen LogP contribution is 2.26. The number of likely N-dealkylation sites (N-methyl/N-ethyl adjacent to an activating group) is 1. The number of hydrogen-bond donors (Lipinski definition) is 0. The molecule has 1 aliphatic heterocycles. The second-order valence-corrected chi connectivity index (χ2v) is 5.50. The van der Waals surface area contributed by atoms with Crippen molar-refractivity contribution in [2.75, 3.05) is 13.6 Å². The van der Waals surface area contributed by atoms with Crippen molar-refractivity contribution in [1.29, 1.82) is 0 Å². The molecule has 0 atom stereocenters. The van der Waals surface area contributed by atoms with E-state index < -0.39 is 0 Å². The van der Waals surface area contributed by atoms with E-state index in [2.05, 4.69) is 23.1 Å². The van der Waals surface area contributed by atoms with Crippen LogP contribution in [-0.2, 0) is 4.79 Å². The van der Waals surface area contributed by atoms with E-state index >= 15 is 0 Å². The summed E-state index contributed by atoms with van der Waals surface area (Å²) in [5, 5.41) is 0. The molecule has 0 N–H and O–H groups in total. The van der Waals surface area contributed by atoms with Crippen molar-refractivity contribution in [2.24, 2.45) is 0 Å². The lowest BCUT2D eigenvalue weighted by atomic mass is 9.95. The highest BCUT2D eigenvalue weighted by Gasteiger charge is 2.23. The lowest BCUT2D eigenvalue weighted by Gasteiger charge is -2.29. The smallest absolute Gasteiger partial charge is 0.166 e.